The van der Waals surface area contributed by atoms with E-state index in [2.05, 4.69) is 12.2 Å². The Morgan fingerprint density at radius 2 is 1.79 bits per heavy atom. The van der Waals surface area contributed by atoms with E-state index in [9.17, 15) is 0 Å². The largest absolute Gasteiger partial charge is 0.496 e. The molecule has 0 saturated heterocycles. The van der Waals surface area contributed by atoms with E-state index in [-0.39, 0.29) is 12.1 Å². The molecule has 0 aliphatic rings. The predicted molar refractivity (Wildman–Crippen MR) is 77.1 cm³/mol. The van der Waals surface area contributed by atoms with Gasteiger partial charge in [0.25, 0.3) is 0 Å². The molecular formula is C15H25NO3. The van der Waals surface area contributed by atoms with E-state index in [0.717, 1.165) is 17.1 Å². The highest BCUT2D eigenvalue weighted by atomic mass is 16.5. The van der Waals surface area contributed by atoms with Crippen molar-refractivity contribution in [3.05, 3.63) is 23.8 Å². The summed E-state index contributed by atoms with van der Waals surface area (Å²) in [5, 5.41) is 3.21. The maximum atomic E-state index is 5.81. The summed E-state index contributed by atoms with van der Waals surface area (Å²) in [6, 6.07) is 6.00. The van der Waals surface area contributed by atoms with Gasteiger partial charge in [-0.3, -0.25) is 0 Å². The lowest BCUT2D eigenvalue weighted by Gasteiger charge is -2.19. The van der Waals surface area contributed by atoms with Gasteiger partial charge in [0.15, 0.2) is 0 Å². The van der Waals surface area contributed by atoms with Gasteiger partial charge in [0.1, 0.15) is 18.1 Å². The summed E-state index contributed by atoms with van der Waals surface area (Å²) in [7, 11) is 3.59. The molecule has 1 unspecified atom stereocenters. The molecule has 0 spiro atoms. The molecule has 0 aliphatic heterocycles. The SMILES string of the molecule is CNC(C)c1c(OC)cccc1OCCOC(C)C. The Morgan fingerprint density at radius 1 is 1.11 bits per heavy atom. The smallest absolute Gasteiger partial charge is 0.127 e. The molecule has 0 aliphatic carbocycles. The van der Waals surface area contributed by atoms with Crippen LogP contribution in [-0.4, -0.2) is 33.5 Å². The summed E-state index contributed by atoms with van der Waals surface area (Å²) in [4.78, 5) is 0. The minimum absolute atomic E-state index is 0.164. The first-order valence-corrected chi connectivity index (χ1v) is 6.68. The Morgan fingerprint density at radius 3 is 2.37 bits per heavy atom. The van der Waals surface area contributed by atoms with Crippen LogP contribution in [0.3, 0.4) is 0 Å². The zero-order valence-electron chi connectivity index (χ0n) is 12.5. The van der Waals surface area contributed by atoms with Gasteiger partial charge in [-0.2, -0.15) is 0 Å². The summed E-state index contributed by atoms with van der Waals surface area (Å²) in [5.74, 6) is 1.68. The fourth-order valence-corrected chi connectivity index (χ4v) is 1.83. The lowest BCUT2D eigenvalue weighted by molar-refractivity contribution is 0.0549. The molecular weight excluding hydrogens is 242 g/mol. The highest BCUT2D eigenvalue weighted by Gasteiger charge is 2.15. The molecule has 0 amide bonds. The molecule has 1 rings (SSSR count). The van der Waals surface area contributed by atoms with Crippen molar-refractivity contribution in [1.29, 1.82) is 0 Å². The van der Waals surface area contributed by atoms with Crippen LogP contribution in [0.5, 0.6) is 11.5 Å². The first-order valence-electron chi connectivity index (χ1n) is 6.68. The summed E-state index contributed by atoms with van der Waals surface area (Å²) >= 11 is 0. The van der Waals surface area contributed by atoms with Crippen LogP contribution in [0.4, 0.5) is 0 Å². The topological polar surface area (TPSA) is 39.7 Å². The molecule has 0 radical (unpaired) electrons. The van der Waals surface area contributed by atoms with Crippen molar-refractivity contribution in [2.75, 3.05) is 27.4 Å². The Bertz CT molecular complexity index is 380. The number of ether oxygens (including phenoxy) is 3. The third kappa shape index (κ3) is 4.73. The van der Waals surface area contributed by atoms with E-state index in [1.165, 1.54) is 0 Å². The number of nitrogens with one attached hydrogen (secondary N) is 1. The Labute approximate surface area is 116 Å². The van der Waals surface area contributed by atoms with Gasteiger partial charge in [0.05, 0.1) is 25.4 Å². The van der Waals surface area contributed by atoms with Gasteiger partial charge < -0.3 is 19.5 Å². The van der Waals surface area contributed by atoms with Crippen molar-refractivity contribution in [3.8, 4) is 11.5 Å². The van der Waals surface area contributed by atoms with E-state index < -0.39 is 0 Å². The van der Waals surface area contributed by atoms with E-state index in [1.807, 2.05) is 39.1 Å². The molecule has 1 atom stereocenters. The van der Waals surface area contributed by atoms with E-state index in [1.54, 1.807) is 7.11 Å². The fourth-order valence-electron chi connectivity index (χ4n) is 1.83. The minimum Gasteiger partial charge on any atom is -0.496 e. The highest BCUT2D eigenvalue weighted by molar-refractivity contribution is 5.46. The van der Waals surface area contributed by atoms with Crippen molar-refractivity contribution < 1.29 is 14.2 Å². The summed E-state index contributed by atoms with van der Waals surface area (Å²) in [6.07, 6.45) is 0.226. The van der Waals surface area contributed by atoms with E-state index in [4.69, 9.17) is 14.2 Å². The third-order valence-corrected chi connectivity index (χ3v) is 2.90. The average Bonchev–Trinajstić information content (AvgIpc) is 2.42. The maximum absolute atomic E-state index is 5.81. The van der Waals surface area contributed by atoms with Crippen molar-refractivity contribution in [2.45, 2.75) is 32.9 Å². The van der Waals surface area contributed by atoms with Crippen LogP contribution in [-0.2, 0) is 4.74 Å². The Hall–Kier alpha value is -1.26. The first-order chi connectivity index (χ1) is 9.10. The molecule has 0 heterocycles. The third-order valence-electron chi connectivity index (χ3n) is 2.90. The number of hydrogen-bond donors (Lipinski definition) is 1. The second-order valence-corrected chi connectivity index (χ2v) is 4.65. The van der Waals surface area contributed by atoms with Crippen LogP contribution in [0, 0.1) is 0 Å². The summed E-state index contributed by atoms with van der Waals surface area (Å²) in [5.41, 5.74) is 1.04. The molecule has 1 N–H and O–H groups in total. The van der Waals surface area contributed by atoms with Gasteiger partial charge in [-0.1, -0.05) is 6.07 Å². The molecule has 1 aromatic rings. The van der Waals surface area contributed by atoms with Gasteiger partial charge in [0.2, 0.25) is 0 Å². The number of methoxy groups -OCH3 is 1. The molecule has 4 nitrogen and oxygen atoms in total. The lowest BCUT2D eigenvalue weighted by Crippen LogP contribution is -2.16. The minimum atomic E-state index is 0.164. The van der Waals surface area contributed by atoms with Crippen LogP contribution >= 0.6 is 0 Å². The first kappa shape index (κ1) is 15.8. The quantitative estimate of drug-likeness (QED) is 0.735. The van der Waals surface area contributed by atoms with Gasteiger partial charge in [-0.05, 0) is 40.0 Å². The summed E-state index contributed by atoms with van der Waals surface area (Å²) in [6.45, 7) is 7.23. The van der Waals surface area contributed by atoms with Crippen molar-refractivity contribution in [3.63, 3.8) is 0 Å². The molecule has 0 saturated carbocycles. The zero-order chi connectivity index (χ0) is 14.3. The van der Waals surface area contributed by atoms with E-state index in [0.29, 0.717) is 13.2 Å². The van der Waals surface area contributed by atoms with Crippen LogP contribution in [0.15, 0.2) is 18.2 Å². The number of benzene rings is 1. The number of rotatable bonds is 8. The van der Waals surface area contributed by atoms with Crippen molar-refractivity contribution in [2.24, 2.45) is 0 Å². The Kier molecular flexibility index (Phi) is 6.67. The monoisotopic (exact) mass is 267 g/mol. The summed E-state index contributed by atoms with van der Waals surface area (Å²) < 4.78 is 16.7. The second kappa shape index (κ2) is 8.02. The molecule has 108 valence electrons. The molecule has 0 bridgehead atoms. The van der Waals surface area contributed by atoms with Crippen LogP contribution in [0.25, 0.3) is 0 Å². The van der Waals surface area contributed by atoms with Crippen LogP contribution in [0.2, 0.25) is 0 Å². The van der Waals surface area contributed by atoms with Gasteiger partial charge in [-0.25, -0.2) is 0 Å². The standard InChI is InChI=1S/C15H25NO3/c1-11(2)18-9-10-19-14-8-6-7-13(17-5)15(14)12(3)16-4/h6-8,11-12,16H,9-10H2,1-5H3. The van der Waals surface area contributed by atoms with Crippen LogP contribution in [0.1, 0.15) is 32.4 Å². The van der Waals surface area contributed by atoms with Gasteiger partial charge >= 0.3 is 0 Å². The maximum Gasteiger partial charge on any atom is 0.127 e. The molecule has 4 heteroatoms. The van der Waals surface area contributed by atoms with E-state index >= 15 is 0 Å². The molecule has 0 fully saturated rings. The Balaban J connectivity index is 2.76. The van der Waals surface area contributed by atoms with Gasteiger partial charge in [-0.15, -0.1) is 0 Å². The van der Waals surface area contributed by atoms with Crippen molar-refractivity contribution in [1.82, 2.24) is 5.32 Å². The number of hydrogen-bond acceptors (Lipinski definition) is 4. The average molecular weight is 267 g/mol. The molecule has 0 aromatic heterocycles. The highest BCUT2D eigenvalue weighted by Crippen LogP contribution is 2.33. The van der Waals surface area contributed by atoms with Crippen LogP contribution < -0.4 is 14.8 Å². The zero-order valence-corrected chi connectivity index (χ0v) is 12.5. The predicted octanol–water partition coefficient (Wildman–Crippen LogP) is 2.78. The molecule has 1 aromatic carbocycles. The normalized spacial score (nSPS) is 12.5. The fraction of sp³-hybridized carbons (Fsp3) is 0.600. The second-order valence-electron chi connectivity index (χ2n) is 4.65. The lowest BCUT2D eigenvalue weighted by atomic mass is 10.1. The molecule has 19 heavy (non-hydrogen) atoms. The van der Waals surface area contributed by atoms with Gasteiger partial charge in [0, 0.05) is 6.04 Å². The van der Waals surface area contributed by atoms with Crippen molar-refractivity contribution >= 4 is 0 Å².